The zero-order valence-electron chi connectivity index (χ0n) is 11.6. The minimum atomic E-state index is -1.07. The Morgan fingerprint density at radius 2 is 2.05 bits per heavy atom. The summed E-state index contributed by atoms with van der Waals surface area (Å²) in [6.07, 6.45) is 7.77. The molecule has 0 radical (unpaired) electrons. The summed E-state index contributed by atoms with van der Waals surface area (Å²) in [5.74, 6) is -0.957. The van der Waals surface area contributed by atoms with Crippen molar-refractivity contribution in [3.05, 3.63) is 12.2 Å². The average Bonchev–Trinajstić information content (AvgIpc) is 2.44. The minimum Gasteiger partial charge on any atom is -0.469 e. The van der Waals surface area contributed by atoms with Crippen LogP contribution in [-0.2, 0) is 23.8 Å². The van der Waals surface area contributed by atoms with Gasteiger partial charge in [-0.1, -0.05) is 12.2 Å². The van der Waals surface area contributed by atoms with Crippen LogP contribution >= 0.6 is 0 Å². The fourth-order valence-corrected chi connectivity index (χ4v) is 1.73. The van der Waals surface area contributed by atoms with Gasteiger partial charge in [-0.05, 0) is 26.2 Å². The Morgan fingerprint density at radius 3 is 2.63 bits per heavy atom. The van der Waals surface area contributed by atoms with E-state index in [0.717, 1.165) is 19.3 Å². The SMILES string of the molecule is COC(=O)CCC/C=C\CC1COC(C)(C=O)OC1. The zero-order chi connectivity index (χ0) is 14.1. The number of hydrogen-bond donors (Lipinski definition) is 0. The Labute approximate surface area is 113 Å². The molecule has 0 amide bonds. The highest BCUT2D eigenvalue weighted by atomic mass is 16.7. The number of carbonyl (C=O) groups excluding carboxylic acids is 2. The smallest absolute Gasteiger partial charge is 0.305 e. The van der Waals surface area contributed by atoms with Crippen molar-refractivity contribution in [2.24, 2.45) is 5.92 Å². The van der Waals surface area contributed by atoms with Crippen LogP contribution in [0.3, 0.4) is 0 Å². The molecule has 1 aliphatic rings. The Balaban J connectivity index is 2.10. The van der Waals surface area contributed by atoms with E-state index in [1.807, 2.05) is 0 Å². The number of hydrogen-bond acceptors (Lipinski definition) is 5. The first-order chi connectivity index (χ1) is 9.09. The predicted molar refractivity (Wildman–Crippen MR) is 69.5 cm³/mol. The van der Waals surface area contributed by atoms with Crippen LogP contribution in [0.25, 0.3) is 0 Å². The van der Waals surface area contributed by atoms with Gasteiger partial charge in [0.2, 0.25) is 5.79 Å². The molecular formula is C14H22O5. The van der Waals surface area contributed by atoms with E-state index < -0.39 is 5.79 Å². The summed E-state index contributed by atoms with van der Waals surface area (Å²) < 4.78 is 15.3. The fourth-order valence-electron chi connectivity index (χ4n) is 1.73. The Kier molecular flexibility index (Phi) is 6.73. The van der Waals surface area contributed by atoms with E-state index in [0.29, 0.717) is 25.9 Å². The number of carbonyl (C=O) groups is 2. The number of unbranched alkanes of at least 4 members (excludes halogenated alkanes) is 1. The molecule has 1 aliphatic heterocycles. The molecule has 0 aromatic heterocycles. The van der Waals surface area contributed by atoms with Crippen molar-refractivity contribution in [3.63, 3.8) is 0 Å². The monoisotopic (exact) mass is 270 g/mol. The molecule has 5 heteroatoms. The largest absolute Gasteiger partial charge is 0.469 e. The van der Waals surface area contributed by atoms with E-state index >= 15 is 0 Å². The maximum absolute atomic E-state index is 10.9. The molecule has 1 rings (SSSR count). The van der Waals surface area contributed by atoms with Crippen LogP contribution in [0.15, 0.2) is 12.2 Å². The highest BCUT2D eigenvalue weighted by Crippen LogP contribution is 2.21. The summed E-state index contributed by atoms with van der Waals surface area (Å²) in [6.45, 7) is 2.68. The quantitative estimate of drug-likeness (QED) is 0.306. The molecule has 0 saturated carbocycles. The second-order valence-corrected chi connectivity index (χ2v) is 4.80. The van der Waals surface area contributed by atoms with Crippen LogP contribution in [0.5, 0.6) is 0 Å². The van der Waals surface area contributed by atoms with Crippen LogP contribution in [0.1, 0.15) is 32.6 Å². The molecule has 19 heavy (non-hydrogen) atoms. The normalized spacial score (nSPS) is 27.4. The van der Waals surface area contributed by atoms with Gasteiger partial charge >= 0.3 is 5.97 Å². The molecule has 1 fully saturated rings. The van der Waals surface area contributed by atoms with Crippen molar-refractivity contribution in [2.75, 3.05) is 20.3 Å². The topological polar surface area (TPSA) is 61.8 Å². The summed E-state index contributed by atoms with van der Waals surface area (Å²) in [5.41, 5.74) is 0. The second kappa shape index (κ2) is 8.07. The Hall–Kier alpha value is -1.20. The van der Waals surface area contributed by atoms with E-state index in [1.54, 1.807) is 6.92 Å². The molecule has 1 saturated heterocycles. The van der Waals surface area contributed by atoms with Crippen molar-refractivity contribution >= 4 is 12.3 Å². The molecule has 5 nitrogen and oxygen atoms in total. The molecule has 0 aliphatic carbocycles. The molecule has 0 aromatic rings. The van der Waals surface area contributed by atoms with Gasteiger partial charge in [-0.15, -0.1) is 0 Å². The third-order valence-corrected chi connectivity index (χ3v) is 3.04. The van der Waals surface area contributed by atoms with Crippen LogP contribution in [0.4, 0.5) is 0 Å². The highest BCUT2D eigenvalue weighted by Gasteiger charge is 2.31. The molecule has 0 atom stereocenters. The van der Waals surface area contributed by atoms with Crippen molar-refractivity contribution in [1.82, 2.24) is 0 Å². The first-order valence-corrected chi connectivity index (χ1v) is 6.55. The van der Waals surface area contributed by atoms with Gasteiger partial charge in [-0.2, -0.15) is 0 Å². The molecule has 0 aromatic carbocycles. The van der Waals surface area contributed by atoms with Crippen molar-refractivity contribution in [1.29, 1.82) is 0 Å². The molecule has 0 N–H and O–H groups in total. The third kappa shape index (κ3) is 5.98. The maximum atomic E-state index is 10.9. The van der Waals surface area contributed by atoms with E-state index in [1.165, 1.54) is 7.11 Å². The molecule has 0 unspecified atom stereocenters. The van der Waals surface area contributed by atoms with Crippen LogP contribution in [-0.4, -0.2) is 38.4 Å². The summed E-state index contributed by atoms with van der Waals surface area (Å²) in [7, 11) is 1.40. The first-order valence-electron chi connectivity index (χ1n) is 6.55. The standard InChI is InChI=1S/C14H22O5/c1-14(11-15)18-9-12(10-19-14)7-5-3-4-6-8-13(16)17-2/h3,5,11-12H,4,6-10H2,1-2H3/b5-3-. The minimum absolute atomic E-state index is 0.171. The highest BCUT2D eigenvalue weighted by molar-refractivity contribution is 5.69. The number of ether oxygens (including phenoxy) is 3. The number of allylic oxidation sites excluding steroid dienone is 2. The maximum Gasteiger partial charge on any atom is 0.305 e. The molecule has 0 bridgehead atoms. The second-order valence-electron chi connectivity index (χ2n) is 4.80. The van der Waals surface area contributed by atoms with Gasteiger partial charge in [0.1, 0.15) is 0 Å². The van der Waals surface area contributed by atoms with Gasteiger partial charge in [0.15, 0.2) is 6.29 Å². The zero-order valence-corrected chi connectivity index (χ0v) is 11.6. The van der Waals surface area contributed by atoms with E-state index in [9.17, 15) is 9.59 Å². The van der Waals surface area contributed by atoms with Crippen molar-refractivity contribution in [2.45, 2.75) is 38.4 Å². The van der Waals surface area contributed by atoms with Gasteiger partial charge in [-0.3, -0.25) is 9.59 Å². The van der Waals surface area contributed by atoms with Crippen LogP contribution in [0.2, 0.25) is 0 Å². The van der Waals surface area contributed by atoms with Gasteiger partial charge in [0.05, 0.1) is 20.3 Å². The van der Waals surface area contributed by atoms with Gasteiger partial charge in [0, 0.05) is 12.3 Å². The number of esters is 1. The van der Waals surface area contributed by atoms with Crippen molar-refractivity contribution < 1.29 is 23.8 Å². The van der Waals surface area contributed by atoms with Crippen LogP contribution in [0, 0.1) is 5.92 Å². The number of rotatable bonds is 7. The lowest BCUT2D eigenvalue weighted by molar-refractivity contribution is -0.250. The van der Waals surface area contributed by atoms with Gasteiger partial charge in [0.25, 0.3) is 0 Å². The average molecular weight is 270 g/mol. The number of aldehydes is 1. The number of methoxy groups -OCH3 is 1. The fraction of sp³-hybridized carbons (Fsp3) is 0.714. The van der Waals surface area contributed by atoms with E-state index in [4.69, 9.17) is 9.47 Å². The summed E-state index contributed by atoms with van der Waals surface area (Å²) in [5, 5.41) is 0. The van der Waals surface area contributed by atoms with Gasteiger partial charge in [-0.25, -0.2) is 0 Å². The summed E-state index contributed by atoms with van der Waals surface area (Å²) >= 11 is 0. The lowest BCUT2D eigenvalue weighted by atomic mass is 10.1. The lowest BCUT2D eigenvalue weighted by Gasteiger charge is -2.33. The van der Waals surface area contributed by atoms with E-state index in [2.05, 4.69) is 16.9 Å². The first kappa shape index (κ1) is 15.9. The summed E-state index contributed by atoms with van der Waals surface area (Å²) in [4.78, 5) is 21.6. The van der Waals surface area contributed by atoms with Gasteiger partial charge < -0.3 is 14.2 Å². The summed E-state index contributed by atoms with van der Waals surface area (Å²) in [6, 6.07) is 0. The molecular weight excluding hydrogens is 248 g/mol. The molecule has 0 spiro atoms. The van der Waals surface area contributed by atoms with Crippen LogP contribution < -0.4 is 0 Å². The Bertz CT molecular complexity index is 316. The molecule has 1 heterocycles. The van der Waals surface area contributed by atoms with Crippen molar-refractivity contribution in [3.8, 4) is 0 Å². The lowest BCUT2D eigenvalue weighted by Crippen LogP contribution is -2.42. The van der Waals surface area contributed by atoms with E-state index in [-0.39, 0.29) is 11.9 Å². The predicted octanol–water partition coefficient (Wildman–Crippen LogP) is 1.85. The third-order valence-electron chi connectivity index (χ3n) is 3.04. The molecule has 108 valence electrons. The Morgan fingerprint density at radius 1 is 1.37 bits per heavy atom.